The van der Waals surface area contributed by atoms with E-state index in [4.69, 9.17) is 0 Å². The lowest BCUT2D eigenvalue weighted by Gasteiger charge is -2.31. The molecule has 0 saturated carbocycles. The molecule has 0 radical (unpaired) electrons. The first-order valence-electron chi connectivity index (χ1n) is 7.68. The number of rotatable bonds is 4. The van der Waals surface area contributed by atoms with Gasteiger partial charge in [0, 0.05) is 18.2 Å². The molecule has 2 unspecified atom stereocenters. The number of amides is 1. The Hall–Kier alpha value is -1.46. The molecular formula is C16H22FN3O. The number of nitrogens with zero attached hydrogens (tertiary/aromatic N) is 2. The molecule has 5 heteroatoms. The summed E-state index contributed by atoms with van der Waals surface area (Å²) in [7, 11) is 0. The Morgan fingerprint density at radius 3 is 2.76 bits per heavy atom. The molecule has 2 fully saturated rings. The molecule has 0 aliphatic carbocycles. The molecule has 1 N–H and O–H groups in total. The van der Waals surface area contributed by atoms with E-state index in [1.807, 2.05) is 6.07 Å². The lowest BCUT2D eigenvalue weighted by atomic mass is 10.1. The topological polar surface area (TPSA) is 35.6 Å². The summed E-state index contributed by atoms with van der Waals surface area (Å²) in [5.41, 5.74) is 0.553. The summed E-state index contributed by atoms with van der Waals surface area (Å²) in [5.74, 6) is -0.210. The number of carbonyl (C=O) groups excluding carboxylic acids is 1. The summed E-state index contributed by atoms with van der Waals surface area (Å²) >= 11 is 0. The molecule has 0 aromatic heterocycles. The van der Waals surface area contributed by atoms with E-state index in [0.29, 0.717) is 18.2 Å². The molecule has 2 saturated heterocycles. The van der Waals surface area contributed by atoms with E-state index in [1.54, 1.807) is 17.0 Å². The lowest BCUT2D eigenvalue weighted by Crippen LogP contribution is -2.43. The minimum atomic E-state index is -0.344. The molecule has 0 bridgehead atoms. The maximum atomic E-state index is 14.0. The highest BCUT2D eigenvalue weighted by molar-refractivity contribution is 5.81. The van der Waals surface area contributed by atoms with Crippen LogP contribution in [-0.4, -0.2) is 47.9 Å². The summed E-state index contributed by atoms with van der Waals surface area (Å²) in [4.78, 5) is 16.3. The van der Waals surface area contributed by atoms with Crippen LogP contribution in [0.5, 0.6) is 0 Å². The number of hydrogen-bond donors (Lipinski definition) is 1. The highest BCUT2D eigenvalue weighted by atomic mass is 19.1. The quantitative estimate of drug-likeness (QED) is 0.918. The molecule has 4 nitrogen and oxygen atoms in total. The SMILES string of the molecule is CC(CN1C(=O)CNC1c1ccccc1F)N1CCCC1. The van der Waals surface area contributed by atoms with Crippen molar-refractivity contribution in [2.24, 2.45) is 0 Å². The van der Waals surface area contributed by atoms with Gasteiger partial charge in [0.1, 0.15) is 12.0 Å². The standard InChI is InChI=1S/C16H22FN3O/c1-12(19-8-4-5-9-19)11-20-15(21)10-18-16(20)13-6-2-3-7-14(13)17/h2-3,6-7,12,16,18H,4-5,8-11H2,1H3. The van der Waals surface area contributed by atoms with Gasteiger partial charge in [0.25, 0.3) is 0 Å². The van der Waals surface area contributed by atoms with E-state index in [-0.39, 0.29) is 24.4 Å². The zero-order valence-electron chi connectivity index (χ0n) is 12.4. The number of carbonyl (C=O) groups is 1. The van der Waals surface area contributed by atoms with Crippen LogP contribution in [0.15, 0.2) is 24.3 Å². The minimum Gasteiger partial charge on any atom is -0.320 e. The Morgan fingerprint density at radius 1 is 1.33 bits per heavy atom. The van der Waals surface area contributed by atoms with Crippen molar-refractivity contribution in [3.8, 4) is 0 Å². The second kappa shape index (κ2) is 6.12. The van der Waals surface area contributed by atoms with E-state index in [2.05, 4.69) is 17.1 Å². The number of hydrogen-bond acceptors (Lipinski definition) is 3. The number of halogens is 1. The lowest BCUT2D eigenvalue weighted by molar-refractivity contribution is -0.128. The van der Waals surface area contributed by atoms with Crippen LogP contribution < -0.4 is 5.32 Å². The van der Waals surface area contributed by atoms with Gasteiger partial charge in [-0.25, -0.2) is 4.39 Å². The Balaban J connectivity index is 1.75. The van der Waals surface area contributed by atoms with Crippen LogP contribution in [0.4, 0.5) is 4.39 Å². The maximum Gasteiger partial charge on any atom is 0.238 e. The number of benzene rings is 1. The van der Waals surface area contributed by atoms with Gasteiger partial charge in [-0.3, -0.25) is 15.0 Å². The number of likely N-dealkylation sites (tertiary alicyclic amines) is 1. The Kier molecular flexibility index (Phi) is 4.22. The molecule has 1 amide bonds. The normalized spacial score (nSPS) is 24.8. The third-order valence-electron chi connectivity index (χ3n) is 4.50. The van der Waals surface area contributed by atoms with Gasteiger partial charge in [0.15, 0.2) is 0 Å². The summed E-state index contributed by atoms with van der Waals surface area (Å²) in [6, 6.07) is 6.99. The highest BCUT2D eigenvalue weighted by Crippen LogP contribution is 2.26. The van der Waals surface area contributed by atoms with Crippen molar-refractivity contribution in [2.75, 3.05) is 26.2 Å². The fraction of sp³-hybridized carbons (Fsp3) is 0.562. The van der Waals surface area contributed by atoms with Crippen molar-refractivity contribution in [2.45, 2.75) is 32.0 Å². The van der Waals surface area contributed by atoms with Crippen LogP contribution in [0, 0.1) is 5.82 Å². The van der Waals surface area contributed by atoms with E-state index >= 15 is 0 Å². The van der Waals surface area contributed by atoms with E-state index < -0.39 is 0 Å². The molecule has 1 aromatic rings. The fourth-order valence-electron chi connectivity index (χ4n) is 3.30. The van der Waals surface area contributed by atoms with Crippen LogP contribution in [0.1, 0.15) is 31.5 Å². The minimum absolute atomic E-state index is 0.0503. The second-order valence-electron chi connectivity index (χ2n) is 5.94. The molecule has 2 heterocycles. The van der Waals surface area contributed by atoms with Gasteiger partial charge in [0.2, 0.25) is 5.91 Å². The first kappa shape index (κ1) is 14.5. The molecule has 1 aromatic carbocycles. The number of nitrogens with one attached hydrogen (secondary N) is 1. The Labute approximate surface area is 124 Å². The maximum absolute atomic E-state index is 14.0. The van der Waals surface area contributed by atoms with Crippen LogP contribution in [0.3, 0.4) is 0 Å². The molecule has 0 spiro atoms. The van der Waals surface area contributed by atoms with E-state index in [9.17, 15) is 9.18 Å². The van der Waals surface area contributed by atoms with Gasteiger partial charge in [0.05, 0.1) is 6.54 Å². The zero-order chi connectivity index (χ0) is 14.8. The predicted octanol–water partition coefficient (Wildman–Crippen LogP) is 1.74. The third-order valence-corrected chi connectivity index (χ3v) is 4.50. The van der Waals surface area contributed by atoms with Crippen molar-refractivity contribution < 1.29 is 9.18 Å². The average molecular weight is 291 g/mol. The second-order valence-corrected chi connectivity index (χ2v) is 5.94. The Bertz CT molecular complexity index is 516. The van der Waals surface area contributed by atoms with Gasteiger partial charge < -0.3 is 4.90 Å². The third kappa shape index (κ3) is 2.94. The summed E-state index contributed by atoms with van der Waals surface area (Å²) in [5, 5.41) is 3.13. The molecule has 2 aliphatic heterocycles. The molecule has 2 aliphatic rings. The van der Waals surface area contributed by atoms with Crippen LogP contribution in [0.2, 0.25) is 0 Å². The zero-order valence-corrected chi connectivity index (χ0v) is 12.4. The first-order valence-corrected chi connectivity index (χ1v) is 7.68. The first-order chi connectivity index (χ1) is 10.2. The van der Waals surface area contributed by atoms with Crippen LogP contribution >= 0.6 is 0 Å². The van der Waals surface area contributed by atoms with Crippen molar-refractivity contribution in [1.29, 1.82) is 0 Å². The molecular weight excluding hydrogens is 269 g/mol. The van der Waals surface area contributed by atoms with Crippen molar-refractivity contribution in [1.82, 2.24) is 15.1 Å². The van der Waals surface area contributed by atoms with Gasteiger partial charge in [-0.05, 0) is 38.9 Å². The van der Waals surface area contributed by atoms with Gasteiger partial charge in [-0.15, -0.1) is 0 Å². The summed E-state index contributed by atoms with van der Waals surface area (Å²) < 4.78 is 14.0. The molecule has 3 rings (SSSR count). The molecule has 21 heavy (non-hydrogen) atoms. The summed E-state index contributed by atoms with van der Waals surface area (Å²) in [6.07, 6.45) is 2.12. The van der Waals surface area contributed by atoms with Gasteiger partial charge >= 0.3 is 0 Å². The predicted molar refractivity (Wildman–Crippen MR) is 79.1 cm³/mol. The van der Waals surface area contributed by atoms with Crippen LogP contribution in [0.25, 0.3) is 0 Å². The Morgan fingerprint density at radius 2 is 2.05 bits per heavy atom. The molecule has 2 atom stereocenters. The highest BCUT2D eigenvalue weighted by Gasteiger charge is 2.34. The largest absolute Gasteiger partial charge is 0.320 e. The van der Waals surface area contributed by atoms with Gasteiger partial charge in [-0.1, -0.05) is 18.2 Å². The smallest absolute Gasteiger partial charge is 0.238 e. The van der Waals surface area contributed by atoms with Crippen LogP contribution in [-0.2, 0) is 4.79 Å². The van der Waals surface area contributed by atoms with E-state index in [0.717, 1.165) is 13.1 Å². The van der Waals surface area contributed by atoms with Crippen molar-refractivity contribution in [3.05, 3.63) is 35.6 Å². The van der Waals surface area contributed by atoms with E-state index in [1.165, 1.54) is 18.9 Å². The fourth-order valence-corrected chi connectivity index (χ4v) is 3.30. The monoisotopic (exact) mass is 291 g/mol. The van der Waals surface area contributed by atoms with Gasteiger partial charge in [-0.2, -0.15) is 0 Å². The summed E-state index contributed by atoms with van der Waals surface area (Å²) in [6.45, 7) is 5.27. The average Bonchev–Trinajstić information content (AvgIpc) is 3.11. The van der Waals surface area contributed by atoms with Crippen molar-refractivity contribution >= 4 is 5.91 Å². The van der Waals surface area contributed by atoms with Crippen molar-refractivity contribution in [3.63, 3.8) is 0 Å². The molecule has 114 valence electrons.